The zero-order valence-corrected chi connectivity index (χ0v) is 11.4. The van der Waals surface area contributed by atoms with Crippen molar-refractivity contribution in [3.8, 4) is 0 Å². The number of rotatable bonds is 2. The highest BCUT2D eigenvalue weighted by atomic mass is 16.2. The molecule has 1 atom stereocenters. The number of carbonyl (C=O) groups is 1. The van der Waals surface area contributed by atoms with Crippen molar-refractivity contribution in [2.75, 3.05) is 25.5 Å². The minimum absolute atomic E-state index is 0.128. The Morgan fingerprint density at radius 3 is 2.94 bits per heavy atom. The van der Waals surface area contributed by atoms with Crippen molar-refractivity contribution in [3.63, 3.8) is 0 Å². The van der Waals surface area contributed by atoms with Crippen molar-refractivity contribution in [3.05, 3.63) is 23.4 Å². The van der Waals surface area contributed by atoms with Crippen molar-refractivity contribution >= 4 is 11.7 Å². The van der Waals surface area contributed by atoms with Crippen LogP contribution in [0.5, 0.6) is 0 Å². The van der Waals surface area contributed by atoms with Crippen LogP contribution in [0, 0.1) is 12.8 Å². The monoisotopic (exact) mass is 247 g/mol. The van der Waals surface area contributed by atoms with E-state index in [0.717, 1.165) is 36.6 Å². The molecule has 0 aromatic carbocycles. The highest BCUT2D eigenvalue weighted by Crippen LogP contribution is 2.19. The van der Waals surface area contributed by atoms with Gasteiger partial charge in [-0.25, -0.2) is 4.98 Å². The summed E-state index contributed by atoms with van der Waals surface area (Å²) in [6.45, 7) is 5.86. The second-order valence-corrected chi connectivity index (χ2v) is 5.13. The minimum atomic E-state index is 0.128. The fourth-order valence-corrected chi connectivity index (χ4v) is 2.48. The molecule has 1 aliphatic heterocycles. The molecule has 1 saturated heterocycles. The van der Waals surface area contributed by atoms with Crippen LogP contribution in [0.4, 0.5) is 5.82 Å². The predicted molar refractivity (Wildman–Crippen MR) is 72.8 cm³/mol. The zero-order valence-electron chi connectivity index (χ0n) is 11.4. The smallest absolute Gasteiger partial charge is 0.254 e. The van der Waals surface area contributed by atoms with Gasteiger partial charge in [0, 0.05) is 31.4 Å². The van der Waals surface area contributed by atoms with Gasteiger partial charge < -0.3 is 10.2 Å². The number of aromatic nitrogens is 1. The quantitative estimate of drug-likeness (QED) is 0.872. The number of hydrogen-bond donors (Lipinski definition) is 1. The number of likely N-dealkylation sites (tertiary alicyclic amines) is 1. The van der Waals surface area contributed by atoms with Gasteiger partial charge in [0.05, 0.1) is 0 Å². The largest absolute Gasteiger partial charge is 0.373 e. The normalized spacial score (nSPS) is 19.7. The number of aryl methyl sites for hydroxylation is 1. The maximum absolute atomic E-state index is 12.4. The molecule has 1 N–H and O–H groups in total. The molecule has 4 heteroatoms. The SMILES string of the molecule is CNc1cc(C(=O)N2CCCC(C)C2)cc(C)n1. The number of nitrogens with zero attached hydrogens (tertiary/aromatic N) is 2. The van der Waals surface area contributed by atoms with E-state index in [2.05, 4.69) is 17.2 Å². The molecule has 1 aromatic heterocycles. The molecule has 0 spiro atoms. The molecule has 98 valence electrons. The molecule has 1 fully saturated rings. The maximum Gasteiger partial charge on any atom is 0.254 e. The molecule has 1 aliphatic rings. The molecule has 4 nitrogen and oxygen atoms in total. The van der Waals surface area contributed by atoms with Gasteiger partial charge >= 0.3 is 0 Å². The summed E-state index contributed by atoms with van der Waals surface area (Å²) in [7, 11) is 1.82. The third kappa shape index (κ3) is 2.81. The second-order valence-electron chi connectivity index (χ2n) is 5.13. The summed E-state index contributed by atoms with van der Waals surface area (Å²) in [5, 5.41) is 2.99. The minimum Gasteiger partial charge on any atom is -0.373 e. The van der Waals surface area contributed by atoms with Crippen molar-refractivity contribution < 1.29 is 4.79 Å². The van der Waals surface area contributed by atoms with Crippen LogP contribution < -0.4 is 5.32 Å². The summed E-state index contributed by atoms with van der Waals surface area (Å²) >= 11 is 0. The fraction of sp³-hybridized carbons (Fsp3) is 0.571. The van der Waals surface area contributed by atoms with E-state index in [4.69, 9.17) is 0 Å². The van der Waals surface area contributed by atoms with Crippen LogP contribution in [0.3, 0.4) is 0 Å². The van der Waals surface area contributed by atoms with E-state index in [1.165, 1.54) is 6.42 Å². The van der Waals surface area contributed by atoms with E-state index in [1.807, 2.05) is 31.0 Å². The number of piperidine rings is 1. The summed E-state index contributed by atoms with van der Waals surface area (Å²) in [5.74, 6) is 1.49. The molecular weight excluding hydrogens is 226 g/mol. The first-order valence-corrected chi connectivity index (χ1v) is 6.56. The standard InChI is InChI=1S/C14H21N3O/c1-10-5-4-6-17(9-10)14(18)12-7-11(2)16-13(8-12)15-3/h7-8,10H,4-6,9H2,1-3H3,(H,15,16). The number of pyridine rings is 1. The lowest BCUT2D eigenvalue weighted by atomic mass is 9.99. The fourth-order valence-electron chi connectivity index (χ4n) is 2.48. The van der Waals surface area contributed by atoms with E-state index in [1.54, 1.807) is 0 Å². The zero-order chi connectivity index (χ0) is 13.1. The molecule has 1 unspecified atom stereocenters. The molecule has 18 heavy (non-hydrogen) atoms. The van der Waals surface area contributed by atoms with E-state index in [-0.39, 0.29) is 5.91 Å². The van der Waals surface area contributed by atoms with Crippen molar-refractivity contribution in [2.45, 2.75) is 26.7 Å². The Morgan fingerprint density at radius 1 is 1.50 bits per heavy atom. The van der Waals surface area contributed by atoms with E-state index < -0.39 is 0 Å². The number of carbonyl (C=O) groups excluding carboxylic acids is 1. The number of hydrogen-bond acceptors (Lipinski definition) is 3. The van der Waals surface area contributed by atoms with Crippen molar-refractivity contribution in [1.29, 1.82) is 0 Å². The summed E-state index contributed by atoms with van der Waals surface area (Å²) in [6.07, 6.45) is 2.33. The lowest BCUT2D eigenvalue weighted by molar-refractivity contribution is 0.0683. The molecule has 0 bridgehead atoms. The van der Waals surface area contributed by atoms with Gasteiger partial charge in [0.25, 0.3) is 5.91 Å². The third-order valence-corrected chi connectivity index (χ3v) is 3.40. The Bertz CT molecular complexity index is 445. The van der Waals surface area contributed by atoms with E-state index >= 15 is 0 Å². The lowest BCUT2D eigenvalue weighted by Crippen LogP contribution is -2.39. The Balaban J connectivity index is 2.19. The van der Waals surface area contributed by atoms with Gasteiger partial charge in [0.2, 0.25) is 0 Å². The Hall–Kier alpha value is -1.58. The first kappa shape index (κ1) is 12.9. The van der Waals surface area contributed by atoms with Crippen LogP contribution in [-0.4, -0.2) is 35.9 Å². The van der Waals surface area contributed by atoms with Gasteiger partial charge in [0.15, 0.2) is 0 Å². The van der Waals surface area contributed by atoms with Crippen molar-refractivity contribution in [1.82, 2.24) is 9.88 Å². The van der Waals surface area contributed by atoms with Crippen LogP contribution in [-0.2, 0) is 0 Å². The third-order valence-electron chi connectivity index (χ3n) is 3.40. The Kier molecular flexibility index (Phi) is 3.84. The highest BCUT2D eigenvalue weighted by molar-refractivity contribution is 5.95. The molecule has 2 rings (SSSR count). The van der Waals surface area contributed by atoms with Gasteiger partial charge in [0.1, 0.15) is 5.82 Å². The van der Waals surface area contributed by atoms with Gasteiger partial charge in [-0.2, -0.15) is 0 Å². The van der Waals surface area contributed by atoms with Crippen molar-refractivity contribution in [2.24, 2.45) is 5.92 Å². The Morgan fingerprint density at radius 2 is 2.28 bits per heavy atom. The number of nitrogens with one attached hydrogen (secondary N) is 1. The van der Waals surface area contributed by atoms with Crippen LogP contribution in [0.2, 0.25) is 0 Å². The van der Waals surface area contributed by atoms with E-state index in [0.29, 0.717) is 5.92 Å². The first-order valence-electron chi connectivity index (χ1n) is 6.56. The van der Waals surface area contributed by atoms with Gasteiger partial charge in [-0.15, -0.1) is 0 Å². The van der Waals surface area contributed by atoms with Crippen LogP contribution >= 0.6 is 0 Å². The molecule has 1 amide bonds. The number of amides is 1. The first-order chi connectivity index (χ1) is 8.60. The predicted octanol–water partition coefficient (Wildman–Crippen LogP) is 2.30. The summed E-state index contributed by atoms with van der Waals surface area (Å²) in [6, 6.07) is 3.69. The van der Waals surface area contributed by atoms with Gasteiger partial charge in [-0.05, 0) is 37.8 Å². The molecule has 0 saturated carbocycles. The van der Waals surface area contributed by atoms with Crippen LogP contribution in [0.15, 0.2) is 12.1 Å². The van der Waals surface area contributed by atoms with Crippen LogP contribution in [0.1, 0.15) is 35.8 Å². The topological polar surface area (TPSA) is 45.2 Å². The molecule has 1 aromatic rings. The second kappa shape index (κ2) is 5.38. The number of anilines is 1. The molecule has 0 aliphatic carbocycles. The van der Waals surface area contributed by atoms with Gasteiger partial charge in [-0.3, -0.25) is 4.79 Å². The average Bonchev–Trinajstić information content (AvgIpc) is 2.37. The van der Waals surface area contributed by atoms with Gasteiger partial charge in [-0.1, -0.05) is 6.92 Å². The molecule has 2 heterocycles. The molecule has 0 radical (unpaired) electrons. The lowest BCUT2D eigenvalue weighted by Gasteiger charge is -2.31. The summed E-state index contributed by atoms with van der Waals surface area (Å²) in [5.41, 5.74) is 1.61. The Labute approximate surface area is 108 Å². The maximum atomic E-state index is 12.4. The van der Waals surface area contributed by atoms with E-state index in [9.17, 15) is 4.79 Å². The van der Waals surface area contributed by atoms with Crippen LogP contribution in [0.25, 0.3) is 0 Å². The average molecular weight is 247 g/mol. The summed E-state index contributed by atoms with van der Waals surface area (Å²) < 4.78 is 0. The summed E-state index contributed by atoms with van der Waals surface area (Å²) in [4.78, 5) is 18.7. The highest BCUT2D eigenvalue weighted by Gasteiger charge is 2.22. The molecular formula is C14H21N3O.